The first-order valence-electron chi connectivity index (χ1n) is 6.95. The Balaban J connectivity index is 2.56. The standard InChI is InChI=1S/C15H30N2/c1-14(2,3)12-9-7-11(8-10-12)13(16)17-15(4,5)6/h11-12H,7-10H2,1-6H3,(H2,16,17). The van der Waals surface area contributed by atoms with Crippen LogP contribution in [0.4, 0.5) is 0 Å². The third kappa shape index (κ3) is 4.69. The molecule has 2 nitrogen and oxygen atoms in total. The Morgan fingerprint density at radius 2 is 1.41 bits per heavy atom. The zero-order chi connectivity index (χ0) is 13.3. The molecule has 1 aliphatic carbocycles. The molecule has 0 aliphatic heterocycles. The highest BCUT2D eigenvalue weighted by Gasteiger charge is 2.31. The Bertz CT molecular complexity index is 270. The largest absolute Gasteiger partial charge is 0.387 e. The van der Waals surface area contributed by atoms with Crippen molar-refractivity contribution in [2.24, 2.45) is 28.0 Å². The van der Waals surface area contributed by atoms with E-state index in [1.807, 2.05) is 0 Å². The van der Waals surface area contributed by atoms with Gasteiger partial charge in [0.2, 0.25) is 0 Å². The van der Waals surface area contributed by atoms with E-state index in [4.69, 9.17) is 5.73 Å². The predicted octanol–water partition coefficient (Wildman–Crippen LogP) is 3.99. The molecule has 1 saturated carbocycles. The molecule has 100 valence electrons. The molecule has 17 heavy (non-hydrogen) atoms. The Morgan fingerprint density at radius 1 is 0.941 bits per heavy atom. The maximum absolute atomic E-state index is 6.14. The van der Waals surface area contributed by atoms with E-state index in [1.165, 1.54) is 25.7 Å². The lowest BCUT2D eigenvalue weighted by molar-refractivity contribution is 0.166. The molecule has 1 rings (SSSR count). The molecule has 0 aromatic rings. The van der Waals surface area contributed by atoms with Crippen LogP contribution in [0.15, 0.2) is 4.99 Å². The van der Waals surface area contributed by atoms with Crippen LogP contribution in [0.2, 0.25) is 0 Å². The summed E-state index contributed by atoms with van der Waals surface area (Å²) in [4.78, 5) is 4.61. The van der Waals surface area contributed by atoms with Gasteiger partial charge in [-0.25, -0.2) is 0 Å². The van der Waals surface area contributed by atoms with Crippen molar-refractivity contribution in [1.29, 1.82) is 0 Å². The van der Waals surface area contributed by atoms with Crippen molar-refractivity contribution in [2.75, 3.05) is 0 Å². The molecule has 0 amide bonds. The van der Waals surface area contributed by atoms with Gasteiger partial charge in [-0.1, -0.05) is 20.8 Å². The van der Waals surface area contributed by atoms with Crippen LogP contribution >= 0.6 is 0 Å². The summed E-state index contributed by atoms with van der Waals surface area (Å²) in [5.41, 5.74) is 6.55. The van der Waals surface area contributed by atoms with Crippen molar-refractivity contribution in [2.45, 2.75) is 72.8 Å². The third-order valence-corrected chi connectivity index (χ3v) is 3.83. The van der Waals surface area contributed by atoms with E-state index >= 15 is 0 Å². The summed E-state index contributed by atoms with van der Waals surface area (Å²) >= 11 is 0. The molecule has 0 unspecified atom stereocenters. The van der Waals surface area contributed by atoms with Crippen LogP contribution in [0.1, 0.15) is 67.2 Å². The second-order valence-electron chi connectivity index (χ2n) is 7.62. The van der Waals surface area contributed by atoms with Crippen molar-refractivity contribution >= 4 is 5.84 Å². The number of nitrogens with two attached hydrogens (primary N) is 1. The summed E-state index contributed by atoms with van der Waals surface area (Å²) in [5.74, 6) is 2.25. The smallest absolute Gasteiger partial charge is 0.0974 e. The van der Waals surface area contributed by atoms with Crippen molar-refractivity contribution < 1.29 is 0 Å². The third-order valence-electron chi connectivity index (χ3n) is 3.83. The average molecular weight is 238 g/mol. The molecule has 0 bridgehead atoms. The van der Waals surface area contributed by atoms with Crippen LogP contribution in [0.5, 0.6) is 0 Å². The number of hydrogen-bond acceptors (Lipinski definition) is 1. The van der Waals surface area contributed by atoms with Crippen LogP contribution in [-0.4, -0.2) is 11.4 Å². The molecule has 2 N–H and O–H groups in total. The minimum absolute atomic E-state index is 0.0367. The number of amidine groups is 1. The van der Waals surface area contributed by atoms with E-state index in [0.717, 1.165) is 11.8 Å². The van der Waals surface area contributed by atoms with Crippen LogP contribution in [0, 0.1) is 17.3 Å². The lowest BCUT2D eigenvalue weighted by atomic mass is 9.69. The van der Waals surface area contributed by atoms with Gasteiger partial charge in [0.1, 0.15) is 0 Å². The molecule has 0 saturated heterocycles. The average Bonchev–Trinajstić information content (AvgIpc) is 2.14. The van der Waals surface area contributed by atoms with Crippen LogP contribution in [0.25, 0.3) is 0 Å². The zero-order valence-corrected chi connectivity index (χ0v) is 12.5. The Hall–Kier alpha value is -0.530. The molecular weight excluding hydrogens is 208 g/mol. The maximum atomic E-state index is 6.14. The minimum Gasteiger partial charge on any atom is -0.387 e. The van der Waals surface area contributed by atoms with E-state index in [2.05, 4.69) is 46.5 Å². The fourth-order valence-electron chi connectivity index (χ4n) is 2.73. The summed E-state index contributed by atoms with van der Waals surface area (Å²) in [6, 6.07) is 0. The van der Waals surface area contributed by atoms with Gasteiger partial charge >= 0.3 is 0 Å². The van der Waals surface area contributed by atoms with E-state index < -0.39 is 0 Å². The maximum Gasteiger partial charge on any atom is 0.0974 e. The molecule has 0 radical (unpaired) electrons. The van der Waals surface area contributed by atoms with Crippen LogP contribution in [0.3, 0.4) is 0 Å². The second-order valence-corrected chi connectivity index (χ2v) is 7.62. The molecule has 0 aromatic heterocycles. The van der Waals surface area contributed by atoms with E-state index in [9.17, 15) is 0 Å². The highest BCUT2D eigenvalue weighted by molar-refractivity contribution is 5.83. The first-order chi connectivity index (χ1) is 7.59. The van der Waals surface area contributed by atoms with Gasteiger partial charge < -0.3 is 5.73 Å². The summed E-state index contributed by atoms with van der Waals surface area (Å²) in [7, 11) is 0. The number of aliphatic imine (C=N–C) groups is 1. The molecular formula is C15H30N2. The quantitative estimate of drug-likeness (QED) is 0.544. The Labute approximate surface area is 107 Å². The zero-order valence-electron chi connectivity index (χ0n) is 12.5. The van der Waals surface area contributed by atoms with Crippen molar-refractivity contribution in [1.82, 2.24) is 0 Å². The number of nitrogens with zero attached hydrogens (tertiary/aromatic N) is 1. The number of rotatable bonds is 1. The van der Waals surface area contributed by atoms with Crippen LogP contribution < -0.4 is 5.73 Å². The lowest BCUT2D eigenvalue weighted by Gasteiger charge is -2.37. The molecule has 0 aromatic carbocycles. The lowest BCUT2D eigenvalue weighted by Crippen LogP contribution is -2.33. The van der Waals surface area contributed by atoms with Gasteiger partial charge in [-0.2, -0.15) is 0 Å². The van der Waals surface area contributed by atoms with E-state index in [-0.39, 0.29) is 5.54 Å². The van der Waals surface area contributed by atoms with Gasteiger partial charge in [0.25, 0.3) is 0 Å². The van der Waals surface area contributed by atoms with E-state index in [1.54, 1.807) is 0 Å². The van der Waals surface area contributed by atoms with Gasteiger partial charge in [0.05, 0.1) is 11.4 Å². The highest BCUT2D eigenvalue weighted by atomic mass is 14.9. The highest BCUT2D eigenvalue weighted by Crippen LogP contribution is 2.39. The van der Waals surface area contributed by atoms with Gasteiger partial charge in [-0.05, 0) is 57.8 Å². The molecule has 1 aliphatic rings. The summed E-state index contributed by atoms with van der Waals surface area (Å²) in [6.45, 7) is 13.4. The monoisotopic (exact) mass is 238 g/mol. The Kier molecular flexibility index (Phi) is 4.27. The predicted molar refractivity (Wildman–Crippen MR) is 76.3 cm³/mol. The van der Waals surface area contributed by atoms with Crippen molar-refractivity contribution in [3.63, 3.8) is 0 Å². The van der Waals surface area contributed by atoms with Crippen molar-refractivity contribution in [3.05, 3.63) is 0 Å². The fourth-order valence-corrected chi connectivity index (χ4v) is 2.73. The second kappa shape index (κ2) is 4.99. The van der Waals surface area contributed by atoms with Crippen LogP contribution in [-0.2, 0) is 0 Å². The fraction of sp³-hybridized carbons (Fsp3) is 0.933. The summed E-state index contributed by atoms with van der Waals surface area (Å²) in [5, 5.41) is 0. The molecule has 0 atom stereocenters. The summed E-state index contributed by atoms with van der Waals surface area (Å²) in [6.07, 6.45) is 5.03. The van der Waals surface area contributed by atoms with E-state index in [0.29, 0.717) is 11.3 Å². The van der Waals surface area contributed by atoms with Gasteiger partial charge in [0.15, 0.2) is 0 Å². The first-order valence-corrected chi connectivity index (χ1v) is 6.95. The van der Waals surface area contributed by atoms with Gasteiger partial charge in [-0.15, -0.1) is 0 Å². The SMILES string of the molecule is CC(C)(C)N=C(N)C1CCC(C(C)(C)C)CC1. The molecule has 2 heteroatoms. The topological polar surface area (TPSA) is 38.4 Å². The normalized spacial score (nSPS) is 28.2. The van der Waals surface area contributed by atoms with Gasteiger partial charge in [0, 0.05) is 5.92 Å². The van der Waals surface area contributed by atoms with Crippen molar-refractivity contribution in [3.8, 4) is 0 Å². The van der Waals surface area contributed by atoms with Gasteiger partial charge in [-0.3, -0.25) is 4.99 Å². The minimum atomic E-state index is -0.0367. The first kappa shape index (κ1) is 14.5. The molecule has 1 fully saturated rings. The summed E-state index contributed by atoms with van der Waals surface area (Å²) < 4.78 is 0. The Morgan fingerprint density at radius 3 is 1.76 bits per heavy atom. The number of hydrogen-bond donors (Lipinski definition) is 1. The molecule has 0 heterocycles. The molecule has 0 spiro atoms.